The summed E-state index contributed by atoms with van der Waals surface area (Å²) in [5, 5.41) is 8.55. The monoisotopic (exact) mass is 633 g/mol. The van der Waals surface area contributed by atoms with Crippen molar-refractivity contribution in [2.24, 2.45) is 0 Å². The van der Waals surface area contributed by atoms with E-state index >= 15 is 0 Å². The molecule has 12 heteroatoms. The largest absolute Gasteiger partial charge is 0.394 e. The smallest absolute Gasteiger partial charge is 0.241 e. The van der Waals surface area contributed by atoms with E-state index < -0.39 is 54.3 Å². The molecule has 0 aliphatic carbocycles. The number of benzene rings is 3. The number of nitrogens with one attached hydrogen (secondary N) is 1. The first-order valence-electron chi connectivity index (χ1n) is 14.0. The average Bonchev–Trinajstić information content (AvgIpc) is 2.98. The van der Waals surface area contributed by atoms with Crippen LogP contribution >= 0.6 is 7.37 Å². The molecular weight excluding hydrogens is 593 g/mol. The molecule has 5 rings (SSSR count). The highest BCUT2D eigenvalue weighted by molar-refractivity contribution is 7.89. The molecule has 2 N–H and O–H groups in total. The molecule has 0 bridgehead atoms. The number of sulfonamides is 1. The molecule has 0 unspecified atom stereocenters. The van der Waals surface area contributed by atoms with E-state index in [9.17, 15) is 13.0 Å². The van der Waals surface area contributed by atoms with Crippen molar-refractivity contribution in [3.05, 3.63) is 96.1 Å². The summed E-state index contributed by atoms with van der Waals surface area (Å²) < 4.78 is 74.0. The maximum Gasteiger partial charge on any atom is 0.241 e. The molecule has 0 spiro atoms. The summed E-state index contributed by atoms with van der Waals surface area (Å²) in [6.07, 6.45) is -4.50. The third-order valence-electron chi connectivity index (χ3n) is 6.81. The van der Waals surface area contributed by atoms with Gasteiger partial charge in [-0.15, -0.1) is 0 Å². The van der Waals surface area contributed by atoms with Crippen LogP contribution in [0.3, 0.4) is 0 Å². The van der Waals surface area contributed by atoms with E-state index in [2.05, 4.69) is 4.72 Å². The minimum atomic E-state index is -4.04. The Bertz CT molecular complexity index is 1450. The molecule has 10 nitrogen and oxygen atoms in total. The van der Waals surface area contributed by atoms with E-state index in [0.29, 0.717) is 5.30 Å². The molecule has 0 saturated carbocycles. The Morgan fingerprint density at radius 2 is 1.53 bits per heavy atom. The number of methoxy groups -OCH3 is 1. The Morgan fingerprint density at radius 3 is 2.12 bits per heavy atom. The van der Waals surface area contributed by atoms with Crippen LogP contribution in [0.25, 0.3) is 0 Å². The second-order valence-corrected chi connectivity index (χ2v) is 14.9. The molecule has 0 amide bonds. The molecule has 0 radical (unpaired) electrons. The predicted octanol–water partition coefficient (Wildman–Crippen LogP) is 4.13. The van der Waals surface area contributed by atoms with Crippen LogP contribution < -0.4 is 10.0 Å². The van der Waals surface area contributed by atoms with Gasteiger partial charge < -0.3 is 28.6 Å². The summed E-state index contributed by atoms with van der Waals surface area (Å²) in [5.41, 5.74) is 1.70. The molecule has 43 heavy (non-hydrogen) atoms. The lowest BCUT2D eigenvalue weighted by atomic mass is 9.96. The highest BCUT2D eigenvalue weighted by Crippen LogP contribution is 2.47. The number of fused-ring (bicyclic) bond motifs is 1. The van der Waals surface area contributed by atoms with Gasteiger partial charge in [-0.1, -0.05) is 66.2 Å². The molecule has 3 aromatic carbocycles. The maximum absolute atomic E-state index is 14.0. The van der Waals surface area contributed by atoms with Crippen molar-refractivity contribution in [2.75, 3.05) is 20.4 Å². The Morgan fingerprint density at radius 1 is 0.953 bits per heavy atom. The van der Waals surface area contributed by atoms with E-state index in [-0.39, 0.29) is 17.6 Å². The topological polar surface area (TPSA) is 130 Å². The van der Waals surface area contributed by atoms with Crippen LogP contribution in [-0.4, -0.2) is 70.7 Å². The Hall–Kier alpha value is -2.44. The lowest BCUT2D eigenvalue weighted by molar-refractivity contribution is -0.337. The molecule has 2 fully saturated rings. The normalized spacial score (nSPS) is 27.0. The first kappa shape index (κ1) is 33.5. The molecule has 234 valence electrons. The van der Waals surface area contributed by atoms with Crippen molar-refractivity contribution in [3.8, 4) is 0 Å². The van der Waals surface area contributed by atoms with Crippen LogP contribution in [0.5, 0.6) is 0 Å². The van der Waals surface area contributed by atoms with Crippen molar-refractivity contribution in [2.45, 2.75) is 68.7 Å². The summed E-state index contributed by atoms with van der Waals surface area (Å²) in [7, 11) is -6.08. The zero-order valence-electron chi connectivity index (χ0n) is 24.9. The maximum atomic E-state index is 14.0. The second-order valence-electron chi connectivity index (χ2n) is 10.8. The summed E-state index contributed by atoms with van der Waals surface area (Å²) in [6.45, 7) is 6.96. The first-order chi connectivity index (χ1) is 20.4. The Kier molecular flexibility index (Phi) is 11.3. The fraction of sp³-hybridized carbons (Fsp3) is 0.419. The van der Waals surface area contributed by atoms with Gasteiger partial charge in [0.25, 0.3) is 0 Å². The van der Waals surface area contributed by atoms with Gasteiger partial charge in [0.1, 0.15) is 24.4 Å². The third kappa shape index (κ3) is 8.60. The standard InChI is InChI=1S/C28H32NO8PS.C3H8O/c1-19-14-16-22(17-15-19)39(31,32)29-24-26(37-38(3,30)21-12-8-5-9-13-21)25-23(35-28(24)33-2)18-34-27(36-25)20-10-6-4-7-11-20;1-3(2)4/h4-17,23-29H,18H2,1-3H3;3-4H,1-2H3/t23-,24-,25-,26-,27-,28+,38-;/m1./s1. The zero-order chi connectivity index (χ0) is 31.2. The number of aliphatic hydroxyl groups excluding tert-OH is 1. The second kappa shape index (κ2) is 14.6. The zero-order valence-corrected chi connectivity index (χ0v) is 26.6. The molecule has 0 aromatic heterocycles. The predicted molar refractivity (Wildman–Crippen MR) is 163 cm³/mol. The van der Waals surface area contributed by atoms with Gasteiger partial charge in [-0.05, 0) is 45.0 Å². The van der Waals surface area contributed by atoms with Gasteiger partial charge in [-0.3, -0.25) is 4.57 Å². The molecular formula is C31H40NO9PS. The highest BCUT2D eigenvalue weighted by atomic mass is 32.2. The SMILES string of the molecule is CC(C)O.CO[C@H]1O[C@@H]2CO[C@@H](c3ccccc3)O[C@H]2[C@H](O[P@@](C)(=O)c2ccccc2)[C@H]1NS(=O)(=O)c1ccc(C)cc1. The summed E-state index contributed by atoms with van der Waals surface area (Å²) in [6, 6.07) is 23.5. The fourth-order valence-corrected chi connectivity index (χ4v) is 7.55. The van der Waals surface area contributed by atoms with Crippen LogP contribution in [0.4, 0.5) is 0 Å². The summed E-state index contributed by atoms with van der Waals surface area (Å²) in [5.74, 6) is 0. The Labute approximate surface area is 253 Å². The summed E-state index contributed by atoms with van der Waals surface area (Å²) in [4.78, 5) is 0.0709. The van der Waals surface area contributed by atoms with Crippen LogP contribution in [0.2, 0.25) is 0 Å². The minimum Gasteiger partial charge on any atom is -0.394 e. The third-order valence-corrected chi connectivity index (χ3v) is 10.2. The van der Waals surface area contributed by atoms with Crippen molar-refractivity contribution in [1.29, 1.82) is 0 Å². The highest BCUT2D eigenvalue weighted by Gasteiger charge is 2.53. The molecule has 2 aliphatic rings. The fourth-order valence-electron chi connectivity index (χ4n) is 4.76. The number of hydrogen-bond donors (Lipinski definition) is 2. The van der Waals surface area contributed by atoms with Gasteiger partial charge in [0, 0.05) is 30.7 Å². The molecule has 2 saturated heterocycles. The van der Waals surface area contributed by atoms with Crippen LogP contribution in [0.15, 0.2) is 89.8 Å². The van der Waals surface area contributed by atoms with Gasteiger partial charge >= 0.3 is 0 Å². The number of hydrogen-bond acceptors (Lipinski definition) is 9. The van der Waals surface area contributed by atoms with Crippen molar-refractivity contribution < 1.29 is 41.6 Å². The molecule has 2 aliphatic heterocycles. The van der Waals surface area contributed by atoms with E-state index in [0.717, 1.165) is 11.1 Å². The van der Waals surface area contributed by atoms with E-state index in [1.807, 2.05) is 43.3 Å². The Balaban J connectivity index is 0.000000996. The van der Waals surface area contributed by atoms with E-state index in [1.54, 1.807) is 50.2 Å². The van der Waals surface area contributed by atoms with Crippen molar-refractivity contribution in [1.82, 2.24) is 4.72 Å². The number of aliphatic hydroxyl groups is 1. The van der Waals surface area contributed by atoms with Gasteiger partial charge in [0.05, 0.1) is 11.5 Å². The van der Waals surface area contributed by atoms with Gasteiger partial charge in [-0.25, -0.2) is 13.1 Å². The van der Waals surface area contributed by atoms with Crippen molar-refractivity contribution >= 4 is 22.7 Å². The molecule has 3 aromatic rings. The summed E-state index contributed by atoms with van der Waals surface area (Å²) >= 11 is 0. The van der Waals surface area contributed by atoms with Gasteiger partial charge in [0.2, 0.25) is 17.4 Å². The quantitative estimate of drug-likeness (QED) is 0.352. The van der Waals surface area contributed by atoms with E-state index in [4.69, 9.17) is 28.6 Å². The molecule has 7 atom stereocenters. The van der Waals surface area contributed by atoms with Crippen LogP contribution in [0.1, 0.15) is 31.3 Å². The lowest BCUT2D eigenvalue weighted by Crippen LogP contribution is -2.67. The van der Waals surface area contributed by atoms with E-state index in [1.165, 1.54) is 25.9 Å². The van der Waals surface area contributed by atoms with Crippen molar-refractivity contribution in [3.63, 3.8) is 0 Å². The molecule has 2 heterocycles. The number of ether oxygens (including phenoxy) is 4. The number of rotatable bonds is 8. The van der Waals surface area contributed by atoms with Gasteiger partial charge in [0.15, 0.2) is 12.6 Å². The number of aryl methyl sites for hydroxylation is 1. The van der Waals surface area contributed by atoms with Gasteiger partial charge in [-0.2, -0.15) is 0 Å². The minimum absolute atomic E-state index is 0.0709. The van der Waals surface area contributed by atoms with Crippen LogP contribution in [0, 0.1) is 6.92 Å². The van der Waals surface area contributed by atoms with Crippen LogP contribution in [-0.2, 0) is 38.1 Å². The first-order valence-corrected chi connectivity index (χ1v) is 17.6. The lowest BCUT2D eigenvalue weighted by Gasteiger charge is -2.49. The average molecular weight is 634 g/mol.